The van der Waals surface area contributed by atoms with E-state index in [0.29, 0.717) is 0 Å². The topological polar surface area (TPSA) is 3.88 Å². The summed E-state index contributed by atoms with van der Waals surface area (Å²) in [5, 5.41) is 0. The molecule has 0 fully saturated rings. The van der Waals surface area contributed by atoms with E-state index in [9.17, 15) is 0 Å². The van der Waals surface area contributed by atoms with Crippen LogP contribution < -0.4 is 4.57 Å². The number of aromatic nitrogens is 1. The van der Waals surface area contributed by atoms with Gasteiger partial charge in [-0.2, -0.15) is 0 Å². The zero-order valence-electron chi connectivity index (χ0n) is 13.9. The van der Waals surface area contributed by atoms with Crippen LogP contribution in [0.1, 0.15) is 23.6 Å². The first-order valence-corrected chi connectivity index (χ1v) is 7.57. The quantitative estimate of drug-likeness (QED) is 0.554. The number of nitrogens with zero attached hydrogens (tertiary/aromatic N) is 1. The minimum atomic E-state index is 1.24. The van der Waals surface area contributed by atoms with Crippen LogP contribution in [0.15, 0.2) is 67.4 Å². The first-order valence-electron chi connectivity index (χ1n) is 7.57. The summed E-state index contributed by atoms with van der Waals surface area (Å²) in [7, 11) is 2.11. The van der Waals surface area contributed by atoms with Gasteiger partial charge >= 0.3 is 0 Å². The fourth-order valence-electron chi connectivity index (χ4n) is 2.70. The van der Waals surface area contributed by atoms with Gasteiger partial charge in [-0.3, -0.25) is 0 Å². The highest BCUT2D eigenvalue weighted by Crippen LogP contribution is 2.25. The van der Waals surface area contributed by atoms with Crippen LogP contribution in [-0.4, -0.2) is 0 Å². The Morgan fingerprint density at radius 3 is 2.50 bits per heavy atom. The highest BCUT2D eigenvalue weighted by atomic mass is 14.9. The van der Waals surface area contributed by atoms with Crippen LogP contribution in [0.5, 0.6) is 0 Å². The van der Waals surface area contributed by atoms with Crippen LogP contribution in [0.25, 0.3) is 16.8 Å². The van der Waals surface area contributed by atoms with Gasteiger partial charge in [0.05, 0.1) is 0 Å². The standard InChI is InChI=1S/C21H24N/c1-6-7-8-11-17(3)20-14-21(22(5)15-18(20)4)19-13-10-9-12-16(19)2/h6-15H,1H2,2-5H3/q+1/b8-7-,17-11+. The maximum atomic E-state index is 3.70. The fourth-order valence-corrected chi connectivity index (χ4v) is 2.70. The van der Waals surface area contributed by atoms with E-state index in [1.807, 2.05) is 12.2 Å². The molecule has 0 saturated carbocycles. The summed E-state index contributed by atoms with van der Waals surface area (Å²) in [6.45, 7) is 10.2. The molecule has 22 heavy (non-hydrogen) atoms. The second kappa shape index (κ2) is 7.04. The van der Waals surface area contributed by atoms with Gasteiger partial charge in [-0.15, -0.1) is 0 Å². The van der Waals surface area contributed by atoms with Gasteiger partial charge in [-0.05, 0) is 43.5 Å². The molecule has 0 aliphatic heterocycles. The third-order valence-electron chi connectivity index (χ3n) is 3.91. The summed E-state index contributed by atoms with van der Waals surface area (Å²) in [6, 6.07) is 10.8. The average Bonchev–Trinajstić information content (AvgIpc) is 2.48. The molecule has 0 radical (unpaired) electrons. The van der Waals surface area contributed by atoms with E-state index >= 15 is 0 Å². The molecule has 1 aromatic heterocycles. The molecule has 0 saturated heterocycles. The van der Waals surface area contributed by atoms with Crippen LogP contribution in [0.4, 0.5) is 0 Å². The highest BCUT2D eigenvalue weighted by molar-refractivity contribution is 5.72. The Bertz CT molecular complexity index is 748. The van der Waals surface area contributed by atoms with Crippen molar-refractivity contribution in [3.8, 4) is 11.3 Å². The molecule has 0 spiro atoms. The number of pyridine rings is 1. The maximum Gasteiger partial charge on any atom is 0.213 e. The lowest BCUT2D eigenvalue weighted by Gasteiger charge is -2.09. The minimum Gasteiger partial charge on any atom is -0.201 e. The van der Waals surface area contributed by atoms with E-state index < -0.39 is 0 Å². The average molecular weight is 290 g/mol. The molecule has 0 atom stereocenters. The third-order valence-corrected chi connectivity index (χ3v) is 3.91. The first kappa shape index (κ1) is 16.0. The number of hydrogen-bond donors (Lipinski definition) is 0. The summed E-state index contributed by atoms with van der Waals surface area (Å²) in [5.74, 6) is 0. The first-order chi connectivity index (χ1) is 10.5. The van der Waals surface area contributed by atoms with Crippen LogP contribution >= 0.6 is 0 Å². The minimum absolute atomic E-state index is 1.24. The SMILES string of the molecule is C=C/C=C\C=C(/C)c1cc(-c2ccccc2C)[n+](C)cc1C. The zero-order valence-corrected chi connectivity index (χ0v) is 13.9. The Hall–Kier alpha value is -2.41. The second-order valence-corrected chi connectivity index (χ2v) is 5.65. The van der Waals surface area contributed by atoms with E-state index in [2.05, 4.69) is 81.6 Å². The Labute approximate surface area is 133 Å². The molecule has 112 valence electrons. The van der Waals surface area contributed by atoms with Gasteiger partial charge in [-0.1, -0.05) is 49.1 Å². The molecule has 1 heteroatoms. The predicted molar refractivity (Wildman–Crippen MR) is 95.5 cm³/mol. The predicted octanol–water partition coefficient (Wildman–Crippen LogP) is 4.94. The van der Waals surface area contributed by atoms with Crippen molar-refractivity contribution in [2.75, 3.05) is 0 Å². The van der Waals surface area contributed by atoms with Crippen molar-refractivity contribution in [1.29, 1.82) is 0 Å². The zero-order chi connectivity index (χ0) is 16.1. The molecule has 1 nitrogen and oxygen atoms in total. The van der Waals surface area contributed by atoms with Gasteiger partial charge in [0.1, 0.15) is 7.05 Å². The van der Waals surface area contributed by atoms with E-state index in [1.54, 1.807) is 6.08 Å². The number of benzene rings is 1. The van der Waals surface area contributed by atoms with Crippen molar-refractivity contribution >= 4 is 5.57 Å². The third kappa shape index (κ3) is 3.43. The second-order valence-electron chi connectivity index (χ2n) is 5.65. The molecule has 0 aliphatic rings. The molecule has 2 aromatic rings. The molecule has 0 N–H and O–H groups in total. The lowest BCUT2D eigenvalue weighted by Crippen LogP contribution is -2.31. The van der Waals surface area contributed by atoms with E-state index in [4.69, 9.17) is 0 Å². The Balaban J connectivity index is 2.57. The molecule has 0 bridgehead atoms. The van der Waals surface area contributed by atoms with Crippen LogP contribution in [0.3, 0.4) is 0 Å². The number of allylic oxidation sites excluding steroid dienone is 5. The fraction of sp³-hybridized carbons (Fsp3) is 0.190. The highest BCUT2D eigenvalue weighted by Gasteiger charge is 2.15. The lowest BCUT2D eigenvalue weighted by molar-refractivity contribution is -0.660. The molecule has 0 amide bonds. The van der Waals surface area contributed by atoms with Gasteiger partial charge in [0.25, 0.3) is 0 Å². The smallest absolute Gasteiger partial charge is 0.201 e. The lowest BCUT2D eigenvalue weighted by atomic mass is 9.98. The van der Waals surface area contributed by atoms with E-state index in [0.717, 1.165) is 0 Å². The van der Waals surface area contributed by atoms with E-state index in [-0.39, 0.29) is 0 Å². The van der Waals surface area contributed by atoms with Crippen molar-refractivity contribution in [2.45, 2.75) is 20.8 Å². The Morgan fingerprint density at radius 1 is 1.09 bits per heavy atom. The van der Waals surface area contributed by atoms with Crippen molar-refractivity contribution in [1.82, 2.24) is 0 Å². The van der Waals surface area contributed by atoms with Gasteiger partial charge < -0.3 is 0 Å². The Kier molecular flexibility index (Phi) is 5.11. The largest absolute Gasteiger partial charge is 0.213 e. The monoisotopic (exact) mass is 290 g/mol. The summed E-state index contributed by atoms with van der Waals surface area (Å²) < 4.78 is 2.20. The maximum absolute atomic E-state index is 3.70. The van der Waals surface area contributed by atoms with Gasteiger partial charge in [-0.25, -0.2) is 4.57 Å². The number of hydrogen-bond acceptors (Lipinski definition) is 0. The normalized spacial score (nSPS) is 11.9. The van der Waals surface area contributed by atoms with Gasteiger partial charge in [0, 0.05) is 17.2 Å². The van der Waals surface area contributed by atoms with Crippen molar-refractivity contribution in [3.63, 3.8) is 0 Å². The Morgan fingerprint density at radius 2 is 1.82 bits per heavy atom. The summed E-state index contributed by atoms with van der Waals surface area (Å²) >= 11 is 0. The van der Waals surface area contributed by atoms with Crippen molar-refractivity contribution in [3.05, 3.63) is 84.1 Å². The molecule has 2 rings (SSSR count). The van der Waals surface area contributed by atoms with Crippen LogP contribution in [0.2, 0.25) is 0 Å². The van der Waals surface area contributed by atoms with Gasteiger partial charge in [0.15, 0.2) is 6.20 Å². The van der Waals surface area contributed by atoms with Gasteiger partial charge in [0.2, 0.25) is 5.69 Å². The molecule has 1 aromatic carbocycles. The van der Waals surface area contributed by atoms with Crippen LogP contribution in [-0.2, 0) is 7.05 Å². The summed E-state index contributed by atoms with van der Waals surface area (Å²) in [5.41, 5.74) is 7.62. The molecule has 0 unspecified atom stereocenters. The van der Waals surface area contributed by atoms with Crippen LogP contribution in [0, 0.1) is 13.8 Å². The number of rotatable bonds is 4. The van der Waals surface area contributed by atoms with Crippen molar-refractivity contribution < 1.29 is 4.57 Å². The molecule has 0 aliphatic carbocycles. The molecular formula is C21H24N+. The van der Waals surface area contributed by atoms with Crippen molar-refractivity contribution in [2.24, 2.45) is 7.05 Å². The number of aryl methyl sites for hydroxylation is 3. The van der Waals surface area contributed by atoms with E-state index in [1.165, 1.54) is 33.5 Å². The molecular weight excluding hydrogens is 266 g/mol. The molecule has 1 heterocycles. The summed E-state index contributed by atoms with van der Waals surface area (Å²) in [4.78, 5) is 0. The summed E-state index contributed by atoms with van der Waals surface area (Å²) in [6.07, 6.45) is 10.1.